The Hall–Kier alpha value is -3.84. The Kier molecular flexibility index (Phi) is 8.64. The van der Waals surface area contributed by atoms with Gasteiger partial charge in [0.2, 0.25) is 18.6 Å². The molecular weight excluding hydrogens is 536 g/mol. The summed E-state index contributed by atoms with van der Waals surface area (Å²) in [6, 6.07) is 7.70. The lowest BCUT2D eigenvalue weighted by molar-refractivity contribution is -0.142. The number of aliphatic hydroxyl groups excluding tert-OH is 3. The molecule has 2 aromatic rings. The van der Waals surface area contributed by atoms with Crippen molar-refractivity contribution >= 4 is 11.8 Å². The number of rotatable bonds is 11. The van der Waals surface area contributed by atoms with E-state index in [4.69, 9.17) is 23.7 Å². The van der Waals surface area contributed by atoms with E-state index in [0.717, 1.165) is 5.56 Å². The van der Waals surface area contributed by atoms with Crippen LogP contribution in [-0.2, 0) is 27.5 Å². The fourth-order valence-corrected chi connectivity index (χ4v) is 5.49. The molecule has 0 saturated carbocycles. The van der Waals surface area contributed by atoms with E-state index in [-0.39, 0.29) is 45.3 Å². The van der Waals surface area contributed by atoms with E-state index in [1.807, 2.05) is 0 Å². The monoisotopic (exact) mass is 570 g/mol. The first-order chi connectivity index (χ1) is 19.9. The van der Waals surface area contributed by atoms with Crippen molar-refractivity contribution in [1.29, 1.82) is 0 Å². The van der Waals surface area contributed by atoms with Crippen LogP contribution in [-0.4, -0.2) is 90.6 Å². The largest absolute Gasteiger partial charge is 0.493 e. The second kappa shape index (κ2) is 12.4. The van der Waals surface area contributed by atoms with Crippen molar-refractivity contribution in [2.45, 2.75) is 44.2 Å². The fourth-order valence-electron chi connectivity index (χ4n) is 5.49. The summed E-state index contributed by atoms with van der Waals surface area (Å²) in [4.78, 5) is 28.4. The maximum Gasteiger partial charge on any atom is 0.249 e. The molecule has 0 spiro atoms. The Labute approximate surface area is 237 Å². The van der Waals surface area contributed by atoms with Gasteiger partial charge in [0.05, 0.1) is 32.3 Å². The standard InChI is InChI=1S/C29H34N2O10/c1-3-38-14-24(34)31(12-16-4-5-21-22(9-16)40-15-39-21)20-11-19(29(36)30-6-7-32)25-18-8-17(13-33)10-23(37-2)27(18)41-28(25)26(20)35/h4-5,8-11,20,25-26,28,32-33,35H,3,6-7,12-15H2,1-2H3,(H,30,36). The number of methoxy groups -OCH3 is 1. The number of amides is 2. The first-order valence-corrected chi connectivity index (χ1v) is 13.4. The highest BCUT2D eigenvalue weighted by atomic mass is 16.7. The Bertz CT molecular complexity index is 1330. The van der Waals surface area contributed by atoms with Crippen LogP contribution in [0.4, 0.5) is 0 Å². The number of carbonyl (C=O) groups excluding carboxylic acids is 2. The minimum Gasteiger partial charge on any atom is -0.493 e. The molecule has 12 heteroatoms. The van der Waals surface area contributed by atoms with Crippen LogP contribution in [0.3, 0.4) is 0 Å². The van der Waals surface area contributed by atoms with E-state index in [2.05, 4.69) is 5.32 Å². The topological polar surface area (TPSA) is 156 Å². The SMILES string of the molecule is CCOCC(=O)N(Cc1ccc2c(c1)OCO2)C1C=C(C(=O)NCCO)C2c3cc(CO)cc(OC)c3OC2C1O. The lowest BCUT2D eigenvalue weighted by atomic mass is 9.77. The fraction of sp³-hybridized carbons (Fsp3) is 0.448. The third-order valence-electron chi connectivity index (χ3n) is 7.39. The van der Waals surface area contributed by atoms with Crippen molar-refractivity contribution in [2.24, 2.45) is 0 Å². The predicted molar refractivity (Wildman–Crippen MR) is 144 cm³/mol. The van der Waals surface area contributed by atoms with Gasteiger partial charge in [-0.2, -0.15) is 0 Å². The van der Waals surface area contributed by atoms with Gasteiger partial charge in [-0.05, 0) is 48.4 Å². The van der Waals surface area contributed by atoms with Gasteiger partial charge in [-0.25, -0.2) is 0 Å². The van der Waals surface area contributed by atoms with Gasteiger partial charge in [-0.3, -0.25) is 9.59 Å². The van der Waals surface area contributed by atoms with Gasteiger partial charge < -0.3 is 49.2 Å². The van der Waals surface area contributed by atoms with Gasteiger partial charge in [0, 0.05) is 30.8 Å². The van der Waals surface area contributed by atoms with Crippen molar-refractivity contribution < 1.29 is 48.6 Å². The van der Waals surface area contributed by atoms with Gasteiger partial charge >= 0.3 is 0 Å². The number of fused-ring (bicyclic) bond motifs is 4. The van der Waals surface area contributed by atoms with Crippen LogP contribution >= 0.6 is 0 Å². The van der Waals surface area contributed by atoms with Crippen molar-refractivity contribution in [2.75, 3.05) is 40.3 Å². The number of benzene rings is 2. The van der Waals surface area contributed by atoms with Gasteiger partial charge in [0.25, 0.3) is 0 Å². The van der Waals surface area contributed by atoms with Gasteiger partial charge in [-0.15, -0.1) is 0 Å². The summed E-state index contributed by atoms with van der Waals surface area (Å²) >= 11 is 0. The van der Waals surface area contributed by atoms with Crippen LogP contribution in [0.2, 0.25) is 0 Å². The number of ether oxygens (including phenoxy) is 5. The molecule has 0 aromatic heterocycles. The van der Waals surface area contributed by atoms with E-state index >= 15 is 0 Å². The third kappa shape index (κ3) is 5.55. The molecule has 0 saturated heterocycles. The minimum atomic E-state index is -1.25. The number of nitrogens with zero attached hydrogens (tertiary/aromatic N) is 1. The lowest BCUT2D eigenvalue weighted by Crippen LogP contribution is -2.56. The molecule has 4 atom stereocenters. The van der Waals surface area contributed by atoms with E-state index < -0.39 is 36.0 Å². The smallest absolute Gasteiger partial charge is 0.249 e. The van der Waals surface area contributed by atoms with E-state index in [9.17, 15) is 24.9 Å². The summed E-state index contributed by atoms with van der Waals surface area (Å²) in [6.07, 6.45) is -0.619. The molecule has 0 radical (unpaired) electrons. The second-order valence-corrected chi connectivity index (χ2v) is 9.86. The summed E-state index contributed by atoms with van der Waals surface area (Å²) in [5.74, 6) is 0.255. The first-order valence-electron chi connectivity index (χ1n) is 13.4. The normalized spacial score (nSPS) is 21.8. The number of nitrogens with one attached hydrogen (secondary N) is 1. The molecule has 2 amide bonds. The molecule has 4 N–H and O–H groups in total. The predicted octanol–water partition coefficient (Wildman–Crippen LogP) is 0.604. The third-order valence-corrected chi connectivity index (χ3v) is 7.39. The Balaban J connectivity index is 1.57. The molecule has 220 valence electrons. The van der Waals surface area contributed by atoms with Crippen LogP contribution in [0.5, 0.6) is 23.0 Å². The molecule has 0 bridgehead atoms. The molecule has 1 aliphatic carbocycles. The maximum atomic E-state index is 13.5. The minimum absolute atomic E-state index is 0.0126. The van der Waals surface area contributed by atoms with Crippen LogP contribution in [0, 0.1) is 0 Å². The summed E-state index contributed by atoms with van der Waals surface area (Å²) in [7, 11) is 1.46. The Morgan fingerprint density at radius 3 is 2.66 bits per heavy atom. The van der Waals surface area contributed by atoms with E-state index in [0.29, 0.717) is 40.7 Å². The molecule has 41 heavy (non-hydrogen) atoms. The van der Waals surface area contributed by atoms with Crippen LogP contribution in [0.25, 0.3) is 0 Å². The molecular formula is C29H34N2O10. The number of aliphatic hydroxyl groups is 3. The molecule has 5 rings (SSSR count). The molecule has 2 heterocycles. The number of hydrogen-bond donors (Lipinski definition) is 4. The highest BCUT2D eigenvalue weighted by molar-refractivity contribution is 5.96. The van der Waals surface area contributed by atoms with Crippen molar-refractivity contribution in [3.05, 3.63) is 58.7 Å². The lowest BCUT2D eigenvalue weighted by Gasteiger charge is -2.40. The maximum absolute atomic E-state index is 13.5. The molecule has 12 nitrogen and oxygen atoms in total. The average Bonchev–Trinajstić information content (AvgIpc) is 3.62. The van der Waals surface area contributed by atoms with Crippen molar-refractivity contribution in [3.8, 4) is 23.0 Å². The van der Waals surface area contributed by atoms with Gasteiger partial charge in [0.15, 0.2) is 23.0 Å². The quantitative estimate of drug-likeness (QED) is 0.302. The van der Waals surface area contributed by atoms with Crippen molar-refractivity contribution in [1.82, 2.24) is 10.2 Å². The zero-order chi connectivity index (χ0) is 29.1. The van der Waals surface area contributed by atoms with Gasteiger partial charge in [-0.1, -0.05) is 6.07 Å². The van der Waals surface area contributed by atoms with E-state index in [1.165, 1.54) is 12.0 Å². The van der Waals surface area contributed by atoms with Crippen LogP contribution < -0.4 is 24.3 Å². The zero-order valence-electron chi connectivity index (χ0n) is 22.9. The molecule has 2 aliphatic heterocycles. The number of hydrogen-bond acceptors (Lipinski definition) is 10. The summed E-state index contributed by atoms with van der Waals surface area (Å²) < 4.78 is 28.1. The van der Waals surface area contributed by atoms with Crippen molar-refractivity contribution in [3.63, 3.8) is 0 Å². The van der Waals surface area contributed by atoms with Gasteiger partial charge in [0.1, 0.15) is 18.8 Å². The van der Waals surface area contributed by atoms with Crippen LogP contribution in [0.15, 0.2) is 42.0 Å². The first kappa shape index (κ1) is 28.7. The average molecular weight is 571 g/mol. The molecule has 3 aliphatic rings. The summed E-state index contributed by atoms with van der Waals surface area (Å²) in [5, 5.41) is 33.6. The Morgan fingerprint density at radius 2 is 1.93 bits per heavy atom. The molecule has 4 unspecified atom stereocenters. The summed E-state index contributed by atoms with van der Waals surface area (Å²) in [6.45, 7) is 1.52. The zero-order valence-corrected chi connectivity index (χ0v) is 22.9. The highest BCUT2D eigenvalue weighted by Crippen LogP contribution is 2.51. The Morgan fingerprint density at radius 1 is 1.12 bits per heavy atom. The summed E-state index contributed by atoms with van der Waals surface area (Å²) in [5.41, 5.74) is 2.10. The number of carbonyl (C=O) groups is 2. The van der Waals surface area contributed by atoms with E-state index in [1.54, 1.807) is 43.3 Å². The molecule has 0 fully saturated rings. The highest BCUT2D eigenvalue weighted by Gasteiger charge is 2.51. The van der Waals surface area contributed by atoms with Crippen LogP contribution in [0.1, 0.15) is 29.5 Å². The second-order valence-electron chi connectivity index (χ2n) is 9.86. The molecule has 2 aromatic carbocycles.